The average Bonchev–Trinajstić information content (AvgIpc) is 2.69. The van der Waals surface area contributed by atoms with E-state index in [1.807, 2.05) is 0 Å². The second-order valence-electron chi connectivity index (χ2n) is 6.22. The Balaban J connectivity index is 1.93. The van der Waals surface area contributed by atoms with Crippen LogP contribution in [0.2, 0.25) is 0 Å². The van der Waals surface area contributed by atoms with Gasteiger partial charge in [0.1, 0.15) is 17.3 Å². The lowest BCUT2D eigenvalue weighted by Crippen LogP contribution is -2.44. The molecule has 0 bridgehead atoms. The van der Waals surface area contributed by atoms with Crippen molar-refractivity contribution in [3.05, 3.63) is 53.8 Å². The molecule has 1 fully saturated rings. The Hall–Kier alpha value is -2.60. The second kappa shape index (κ2) is 7.74. The quantitative estimate of drug-likeness (QED) is 0.887. The molecule has 0 aromatic heterocycles. The van der Waals surface area contributed by atoms with Gasteiger partial charge in [-0.15, -0.1) is 0 Å². The van der Waals surface area contributed by atoms with Gasteiger partial charge >= 0.3 is 0 Å². The largest absolute Gasteiger partial charge is 0.497 e. The van der Waals surface area contributed by atoms with Gasteiger partial charge in [-0.1, -0.05) is 12.1 Å². The van der Waals surface area contributed by atoms with E-state index in [4.69, 9.17) is 14.2 Å². The lowest BCUT2D eigenvalue weighted by atomic mass is 9.73. The summed E-state index contributed by atoms with van der Waals surface area (Å²) >= 11 is 0. The lowest BCUT2D eigenvalue weighted by Gasteiger charge is -2.36. The summed E-state index contributed by atoms with van der Waals surface area (Å²) in [6.07, 6.45) is 1.06. The molecule has 0 unspecified atom stereocenters. The molecular formula is C20H22FNO4. The third-order valence-corrected chi connectivity index (χ3v) is 4.83. The summed E-state index contributed by atoms with van der Waals surface area (Å²) in [6, 6.07) is 11.3. The molecule has 0 radical (unpaired) electrons. The predicted octanol–water partition coefficient (Wildman–Crippen LogP) is 3.53. The fourth-order valence-electron chi connectivity index (χ4n) is 3.28. The summed E-state index contributed by atoms with van der Waals surface area (Å²) < 4.78 is 29.3. The Labute approximate surface area is 152 Å². The topological polar surface area (TPSA) is 56.8 Å². The molecule has 1 N–H and O–H groups in total. The number of benzene rings is 2. The Morgan fingerprint density at radius 1 is 1.08 bits per heavy atom. The van der Waals surface area contributed by atoms with Crippen molar-refractivity contribution in [3.63, 3.8) is 0 Å². The minimum Gasteiger partial charge on any atom is -0.497 e. The number of methoxy groups -OCH3 is 2. The van der Waals surface area contributed by atoms with Crippen molar-refractivity contribution >= 4 is 11.6 Å². The monoisotopic (exact) mass is 359 g/mol. The van der Waals surface area contributed by atoms with Gasteiger partial charge in [0.05, 0.1) is 25.3 Å². The zero-order valence-electron chi connectivity index (χ0n) is 14.9. The molecule has 1 aliphatic heterocycles. The summed E-state index contributed by atoms with van der Waals surface area (Å²) in [7, 11) is 3.10. The first-order valence-electron chi connectivity index (χ1n) is 8.46. The lowest BCUT2D eigenvalue weighted by molar-refractivity contribution is -0.125. The van der Waals surface area contributed by atoms with Crippen LogP contribution < -0.4 is 14.8 Å². The van der Waals surface area contributed by atoms with Crippen molar-refractivity contribution in [1.29, 1.82) is 0 Å². The van der Waals surface area contributed by atoms with Crippen LogP contribution in [-0.2, 0) is 14.9 Å². The molecule has 3 rings (SSSR count). The van der Waals surface area contributed by atoms with Crippen LogP contribution >= 0.6 is 0 Å². The molecule has 0 spiro atoms. The number of ether oxygens (including phenoxy) is 3. The fraction of sp³-hybridized carbons (Fsp3) is 0.350. The minimum atomic E-state index is -0.767. The highest BCUT2D eigenvalue weighted by Crippen LogP contribution is 2.38. The zero-order chi connectivity index (χ0) is 18.6. The first kappa shape index (κ1) is 18.2. The van der Waals surface area contributed by atoms with E-state index in [1.165, 1.54) is 19.2 Å². The molecule has 26 heavy (non-hydrogen) atoms. The van der Waals surface area contributed by atoms with Gasteiger partial charge in [0.15, 0.2) is 0 Å². The Kier molecular flexibility index (Phi) is 5.42. The van der Waals surface area contributed by atoms with Gasteiger partial charge in [-0.05, 0) is 42.7 Å². The zero-order valence-corrected chi connectivity index (χ0v) is 14.9. The maximum Gasteiger partial charge on any atom is 0.235 e. The summed E-state index contributed by atoms with van der Waals surface area (Å²) in [5.41, 5.74) is 0.579. The first-order chi connectivity index (χ1) is 12.6. The van der Waals surface area contributed by atoms with E-state index >= 15 is 0 Å². The van der Waals surface area contributed by atoms with E-state index in [-0.39, 0.29) is 11.7 Å². The summed E-state index contributed by atoms with van der Waals surface area (Å²) in [4.78, 5) is 13.3. The predicted molar refractivity (Wildman–Crippen MR) is 96.3 cm³/mol. The van der Waals surface area contributed by atoms with Gasteiger partial charge in [-0.25, -0.2) is 4.39 Å². The Morgan fingerprint density at radius 2 is 1.77 bits per heavy atom. The standard InChI is InChI=1S/C20H22FNO4/c1-24-16-7-8-17(18(13-16)25-2)22-19(23)20(9-11-26-12-10-20)14-3-5-15(21)6-4-14/h3-8,13H,9-12H2,1-2H3,(H,22,23). The van der Waals surface area contributed by atoms with Gasteiger partial charge in [0, 0.05) is 19.3 Å². The Bertz CT molecular complexity index is 770. The number of rotatable bonds is 5. The molecule has 2 aromatic carbocycles. The molecular weight excluding hydrogens is 337 g/mol. The van der Waals surface area contributed by atoms with Gasteiger partial charge in [-0.2, -0.15) is 0 Å². The van der Waals surface area contributed by atoms with Crippen LogP contribution in [0, 0.1) is 5.82 Å². The van der Waals surface area contributed by atoms with Crippen LogP contribution in [0.5, 0.6) is 11.5 Å². The van der Waals surface area contributed by atoms with Crippen LogP contribution in [-0.4, -0.2) is 33.3 Å². The molecule has 0 atom stereocenters. The molecule has 1 amide bonds. The number of hydrogen-bond donors (Lipinski definition) is 1. The molecule has 1 heterocycles. The average molecular weight is 359 g/mol. The highest BCUT2D eigenvalue weighted by atomic mass is 19.1. The van der Waals surface area contributed by atoms with Crippen molar-refractivity contribution in [2.45, 2.75) is 18.3 Å². The third-order valence-electron chi connectivity index (χ3n) is 4.83. The normalized spacial score (nSPS) is 16.0. The van der Waals surface area contributed by atoms with E-state index in [9.17, 15) is 9.18 Å². The second-order valence-corrected chi connectivity index (χ2v) is 6.22. The number of nitrogens with one attached hydrogen (secondary N) is 1. The first-order valence-corrected chi connectivity index (χ1v) is 8.46. The summed E-state index contributed by atoms with van der Waals surface area (Å²) in [6.45, 7) is 0.953. The van der Waals surface area contributed by atoms with Crippen LogP contribution in [0.25, 0.3) is 0 Å². The van der Waals surface area contributed by atoms with Crippen molar-refractivity contribution in [3.8, 4) is 11.5 Å². The number of carbonyl (C=O) groups is 1. The van der Waals surface area contributed by atoms with E-state index in [2.05, 4.69) is 5.32 Å². The van der Waals surface area contributed by atoms with Crippen LogP contribution in [0.4, 0.5) is 10.1 Å². The Morgan fingerprint density at radius 3 is 2.38 bits per heavy atom. The highest BCUT2D eigenvalue weighted by Gasteiger charge is 2.42. The van der Waals surface area contributed by atoms with Crippen molar-refractivity contribution < 1.29 is 23.4 Å². The number of hydrogen-bond acceptors (Lipinski definition) is 4. The molecule has 2 aromatic rings. The van der Waals surface area contributed by atoms with Gasteiger partial charge in [0.2, 0.25) is 5.91 Å². The minimum absolute atomic E-state index is 0.157. The summed E-state index contributed by atoms with van der Waals surface area (Å²) in [5, 5.41) is 2.97. The van der Waals surface area contributed by atoms with Gasteiger partial charge in [0.25, 0.3) is 0 Å². The van der Waals surface area contributed by atoms with E-state index in [1.54, 1.807) is 37.4 Å². The van der Waals surface area contributed by atoms with Crippen LogP contribution in [0.15, 0.2) is 42.5 Å². The fourth-order valence-corrected chi connectivity index (χ4v) is 3.28. The molecule has 1 saturated heterocycles. The van der Waals surface area contributed by atoms with Crippen molar-refractivity contribution in [1.82, 2.24) is 0 Å². The maximum absolute atomic E-state index is 13.3. The smallest absolute Gasteiger partial charge is 0.235 e. The summed E-state index contributed by atoms with van der Waals surface area (Å²) in [5.74, 6) is 0.669. The van der Waals surface area contributed by atoms with Gasteiger partial charge < -0.3 is 19.5 Å². The molecule has 0 aliphatic carbocycles. The molecule has 0 saturated carbocycles. The van der Waals surface area contributed by atoms with E-state index in [0.717, 1.165) is 5.56 Å². The number of carbonyl (C=O) groups excluding carboxylic acids is 1. The van der Waals surface area contributed by atoms with Gasteiger partial charge in [-0.3, -0.25) is 4.79 Å². The number of amides is 1. The van der Waals surface area contributed by atoms with Crippen molar-refractivity contribution in [2.24, 2.45) is 0 Å². The molecule has 6 heteroatoms. The van der Waals surface area contributed by atoms with Crippen LogP contribution in [0.1, 0.15) is 18.4 Å². The number of halogens is 1. The molecule has 1 aliphatic rings. The number of anilines is 1. The highest BCUT2D eigenvalue weighted by molar-refractivity contribution is 6.00. The van der Waals surface area contributed by atoms with E-state index in [0.29, 0.717) is 43.2 Å². The third kappa shape index (κ3) is 3.51. The SMILES string of the molecule is COc1ccc(NC(=O)C2(c3ccc(F)cc3)CCOCC2)c(OC)c1. The van der Waals surface area contributed by atoms with Crippen LogP contribution in [0.3, 0.4) is 0 Å². The molecule has 5 nitrogen and oxygen atoms in total. The molecule has 138 valence electrons. The van der Waals surface area contributed by atoms with Crippen molar-refractivity contribution in [2.75, 3.05) is 32.8 Å². The van der Waals surface area contributed by atoms with E-state index < -0.39 is 5.41 Å². The maximum atomic E-state index is 13.3.